The van der Waals surface area contributed by atoms with Crippen molar-refractivity contribution in [2.24, 2.45) is 0 Å². The first-order chi connectivity index (χ1) is 6.61. The predicted octanol–water partition coefficient (Wildman–Crippen LogP) is 0.456. The van der Waals surface area contributed by atoms with Crippen LogP contribution in [0.4, 0.5) is 11.5 Å². The van der Waals surface area contributed by atoms with Gasteiger partial charge in [0.2, 0.25) is 0 Å². The van der Waals surface area contributed by atoms with E-state index in [1.54, 1.807) is 4.68 Å². The first-order valence-electron chi connectivity index (χ1n) is 4.97. The van der Waals surface area contributed by atoms with Crippen LogP contribution in [0.1, 0.15) is 20.3 Å². The molecule has 2 rings (SSSR count). The molecular formula is C9H16N4O. The summed E-state index contributed by atoms with van der Waals surface area (Å²) in [5, 5.41) is 3.21. The molecule has 0 atom stereocenters. The Bertz CT molecular complexity index is 402. The molecule has 3 N–H and O–H groups in total. The van der Waals surface area contributed by atoms with Gasteiger partial charge in [0.05, 0.1) is 0 Å². The van der Waals surface area contributed by atoms with E-state index >= 15 is 0 Å². The summed E-state index contributed by atoms with van der Waals surface area (Å²) in [5.41, 5.74) is 6.03. The quantitative estimate of drug-likeness (QED) is 0.722. The molecule has 0 spiro atoms. The van der Waals surface area contributed by atoms with Crippen molar-refractivity contribution in [1.29, 1.82) is 0 Å². The fraction of sp³-hybridized carbons (Fsp3) is 0.667. The lowest BCUT2D eigenvalue weighted by atomic mass is 10.3. The summed E-state index contributed by atoms with van der Waals surface area (Å²) in [6.07, 6.45) is 1.02. The summed E-state index contributed by atoms with van der Waals surface area (Å²) in [6.45, 7) is 5.72. The summed E-state index contributed by atoms with van der Waals surface area (Å²) in [4.78, 5) is 11.6. The van der Waals surface area contributed by atoms with Crippen molar-refractivity contribution in [2.75, 3.05) is 11.1 Å². The Morgan fingerprint density at radius 1 is 1.36 bits per heavy atom. The van der Waals surface area contributed by atoms with Crippen molar-refractivity contribution in [2.45, 2.75) is 39.4 Å². The zero-order valence-corrected chi connectivity index (χ0v) is 8.58. The molecule has 0 aromatic carbocycles. The lowest BCUT2D eigenvalue weighted by Gasteiger charge is -2.12. The van der Waals surface area contributed by atoms with E-state index in [0.29, 0.717) is 5.69 Å². The van der Waals surface area contributed by atoms with Crippen molar-refractivity contribution in [3.05, 3.63) is 10.4 Å². The SMILES string of the molecule is CC(C)Nc1c(N)c(=O)n2n1CCC2. The maximum Gasteiger partial charge on any atom is 0.292 e. The summed E-state index contributed by atoms with van der Waals surface area (Å²) in [7, 11) is 0. The monoisotopic (exact) mass is 196 g/mol. The highest BCUT2D eigenvalue weighted by Gasteiger charge is 2.21. The number of nitrogens with zero attached hydrogens (tertiary/aromatic N) is 2. The van der Waals surface area contributed by atoms with Crippen LogP contribution in [0.15, 0.2) is 4.79 Å². The van der Waals surface area contributed by atoms with Crippen LogP contribution < -0.4 is 16.6 Å². The molecule has 1 aliphatic rings. The molecule has 0 aliphatic carbocycles. The predicted molar refractivity (Wildman–Crippen MR) is 56.5 cm³/mol. The van der Waals surface area contributed by atoms with Crippen molar-refractivity contribution < 1.29 is 0 Å². The lowest BCUT2D eigenvalue weighted by molar-refractivity contribution is 0.596. The van der Waals surface area contributed by atoms with Gasteiger partial charge in [-0.05, 0) is 20.3 Å². The highest BCUT2D eigenvalue weighted by atomic mass is 16.1. The van der Waals surface area contributed by atoms with Gasteiger partial charge in [0.15, 0.2) is 5.82 Å². The Labute approximate surface area is 82.5 Å². The number of hydrogen-bond donors (Lipinski definition) is 2. The molecule has 5 nitrogen and oxygen atoms in total. The average molecular weight is 196 g/mol. The van der Waals surface area contributed by atoms with Crippen molar-refractivity contribution >= 4 is 11.5 Å². The summed E-state index contributed by atoms with van der Waals surface area (Å²) in [5.74, 6) is 0.780. The van der Waals surface area contributed by atoms with Crippen LogP contribution in [0.5, 0.6) is 0 Å². The molecule has 14 heavy (non-hydrogen) atoms. The second kappa shape index (κ2) is 3.08. The maximum absolute atomic E-state index is 11.6. The molecule has 0 fully saturated rings. The Morgan fingerprint density at radius 3 is 2.64 bits per heavy atom. The number of hydrogen-bond acceptors (Lipinski definition) is 3. The van der Waals surface area contributed by atoms with Crippen molar-refractivity contribution in [3.63, 3.8) is 0 Å². The summed E-state index contributed by atoms with van der Waals surface area (Å²) >= 11 is 0. The van der Waals surface area contributed by atoms with Gasteiger partial charge in [0.25, 0.3) is 5.56 Å². The molecule has 0 bridgehead atoms. The average Bonchev–Trinajstić information content (AvgIpc) is 2.65. The van der Waals surface area contributed by atoms with E-state index in [2.05, 4.69) is 5.32 Å². The first-order valence-corrected chi connectivity index (χ1v) is 4.97. The van der Waals surface area contributed by atoms with Gasteiger partial charge in [-0.1, -0.05) is 0 Å². The molecule has 1 aromatic rings. The fourth-order valence-corrected chi connectivity index (χ4v) is 1.86. The fourth-order valence-electron chi connectivity index (χ4n) is 1.86. The molecule has 78 valence electrons. The molecule has 0 saturated carbocycles. The molecule has 0 saturated heterocycles. The van der Waals surface area contributed by atoms with E-state index in [1.165, 1.54) is 0 Å². The minimum atomic E-state index is -0.0642. The van der Waals surface area contributed by atoms with Crippen LogP contribution >= 0.6 is 0 Å². The number of anilines is 2. The smallest absolute Gasteiger partial charge is 0.292 e. The van der Waals surface area contributed by atoms with Gasteiger partial charge in [0.1, 0.15) is 5.69 Å². The minimum absolute atomic E-state index is 0.0642. The third-order valence-electron chi connectivity index (χ3n) is 2.43. The van der Waals surface area contributed by atoms with Gasteiger partial charge in [0, 0.05) is 19.1 Å². The van der Waals surface area contributed by atoms with Gasteiger partial charge in [-0.15, -0.1) is 0 Å². The van der Waals surface area contributed by atoms with Crippen LogP contribution in [0.25, 0.3) is 0 Å². The van der Waals surface area contributed by atoms with E-state index in [0.717, 1.165) is 25.3 Å². The third kappa shape index (κ3) is 1.20. The van der Waals surface area contributed by atoms with E-state index in [9.17, 15) is 4.79 Å². The van der Waals surface area contributed by atoms with Crippen LogP contribution in [0.2, 0.25) is 0 Å². The number of aromatic nitrogens is 2. The Morgan fingerprint density at radius 2 is 2.00 bits per heavy atom. The van der Waals surface area contributed by atoms with Crippen LogP contribution in [0, 0.1) is 0 Å². The molecule has 5 heteroatoms. The van der Waals surface area contributed by atoms with E-state index < -0.39 is 0 Å². The first kappa shape index (κ1) is 9.18. The molecular weight excluding hydrogens is 180 g/mol. The second-order valence-corrected chi connectivity index (χ2v) is 3.97. The molecule has 0 unspecified atom stereocenters. The molecule has 1 aliphatic heterocycles. The number of nitrogen functional groups attached to an aromatic ring is 1. The number of fused-ring (bicyclic) bond motifs is 1. The van der Waals surface area contributed by atoms with Crippen LogP contribution in [-0.2, 0) is 13.1 Å². The van der Waals surface area contributed by atoms with Gasteiger partial charge >= 0.3 is 0 Å². The highest BCUT2D eigenvalue weighted by Crippen LogP contribution is 2.20. The Balaban J connectivity index is 2.49. The molecule has 0 amide bonds. The summed E-state index contributed by atoms with van der Waals surface area (Å²) < 4.78 is 3.65. The Kier molecular flexibility index (Phi) is 2.02. The largest absolute Gasteiger partial charge is 0.391 e. The van der Waals surface area contributed by atoms with Crippen molar-refractivity contribution in [3.8, 4) is 0 Å². The third-order valence-corrected chi connectivity index (χ3v) is 2.43. The highest BCUT2D eigenvalue weighted by molar-refractivity contribution is 5.61. The number of rotatable bonds is 2. The number of nitrogens with one attached hydrogen (secondary N) is 1. The van der Waals surface area contributed by atoms with Crippen LogP contribution in [-0.4, -0.2) is 15.4 Å². The van der Waals surface area contributed by atoms with Crippen LogP contribution in [0.3, 0.4) is 0 Å². The lowest BCUT2D eigenvalue weighted by Crippen LogP contribution is -2.18. The Hall–Kier alpha value is -1.39. The number of nitrogens with two attached hydrogens (primary N) is 1. The minimum Gasteiger partial charge on any atom is -0.391 e. The second-order valence-electron chi connectivity index (χ2n) is 3.97. The maximum atomic E-state index is 11.6. The molecule has 2 heterocycles. The van der Waals surface area contributed by atoms with Gasteiger partial charge in [-0.2, -0.15) is 0 Å². The van der Waals surface area contributed by atoms with E-state index in [4.69, 9.17) is 5.73 Å². The van der Waals surface area contributed by atoms with E-state index in [-0.39, 0.29) is 11.6 Å². The topological polar surface area (TPSA) is 65.0 Å². The molecule has 1 aromatic heterocycles. The normalized spacial score (nSPS) is 14.8. The van der Waals surface area contributed by atoms with Gasteiger partial charge < -0.3 is 11.1 Å². The standard InChI is InChI=1S/C9H16N4O/c1-6(2)11-8-7(10)9(14)13-5-3-4-12(8)13/h6,11H,3-5,10H2,1-2H3. The van der Waals surface area contributed by atoms with Gasteiger partial charge in [-0.3, -0.25) is 9.48 Å². The van der Waals surface area contributed by atoms with Gasteiger partial charge in [-0.25, -0.2) is 4.68 Å². The van der Waals surface area contributed by atoms with Crippen molar-refractivity contribution in [1.82, 2.24) is 9.36 Å². The molecule has 0 radical (unpaired) electrons. The summed E-state index contributed by atoms with van der Waals surface area (Å²) in [6, 6.07) is 0.289. The van der Waals surface area contributed by atoms with E-state index in [1.807, 2.05) is 18.5 Å². The zero-order chi connectivity index (χ0) is 10.3. The zero-order valence-electron chi connectivity index (χ0n) is 8.58.